The normalized spacial score (nSPS) is 13.5. The SMILES string of the molecule is NC(N)(CCO)CS(=O)(=O)O. The molecule has 0 aliphatic carbocycles. The van der Waals surface area contributed by atoms with Gasteiger partial charge in [-0.3, -0.25) is 4.55 Å². The summed E-state index contributed by atoms with van der Waals surface area (Å²) < 4.78 is 28.8. The van der Waals surface area contributed by atoms with Crippen LogP contribution >= 0.6 is 0 Å². The van der Waals surface area contributed by atoms with E-state index in [2.05, 4.69) is 0 Å². The molecule has 0 aromatic heterocycles. The molecule has 0 radical (unpaired) electrons. The van der Waals surface area contributed by atoms with Crippen LogP contribution in [-0.4, -0.2) is 36.1 Å². The van der Waals surface area contributed by atoms with Gasteiger partial charge in [-0.1, -0.05) is 0 Å². The first kappa shape index (κ1) is 10.8. The summed E-state index contributed by atoms with van der Waals surface area (Å²) in [6.45, 7) is -0.317. The lowest BCUT2D eigenvalue weighted by atomic mass is 10.2. The Kier molecular flexibility index (Phi) is 3.39. The van der Waals surface area contributed by atoms with E-state index in [0.29, 0.717) is 0 Å². The van der Waals surface area contributed by atoms with E-state index in [1.54, 1.807) is 0 Å². The molecule has 0 unspecified atom stereocenters. The van der Waals surface area contributed by atoms with Crippen LogP contribution < -0.4 is 11.5 Å². The van der Waals surface area contributed by atoms with Crippen LogP contribution in [0.3, 0.4) is 0 Å². The molecule has 0 aromatic rings. The monoisotopic (exact) mass is 184 g/mol. The van der Waals surface area contributed by atoms with E-state index in [1.165, 1.54) is 0 Å². The van der Waals surface area contributed by atoms with Gasteiger partial charge in [-0.15, -0.1) is 0 Å². The molecule has 6 nitrogen and oxygen atoms in total. The first-order valence-electron chi connectivity index (χ1n) is 2.91. The molecule has 0 rings (SSSR count). The average molecular weight is 184 g/mol. The zero-order valence-electron chi connectivity index (χ0n) is 5.90. The van der Waals surface area contributed by atoms with E-state index >= 15 is 0 Å². The molecule has 0 amide bonds. The molecule has 0 saturated carbocycles. The lowest BCUT2D eigenvalue weighted by Gasteiger charge is -2.20. The second-order valence-electron chi connectivity index (χ2n) is 2.43. The Labute approximate surface area is 64.9 Å². The number of nitrogens with two attached hydrogens (primary N) is 2. The maximum atomic E-state index is 10.2. The summed E-state index contributed by atoms with van der Waals surface area (Å²) in [5.74, 6) is -0.749. The van der Waals surface area contributed by atoms with E-state index in [4.69, 9.17) is 21.1 Å². The van der Waals surface area contributed by atoms with Gasteiger partial charge in [0.05, 0.1) is 5.66 Å². The van der Waals surface area contributed by atoms with Gasteiger partial charge in [0.1, 0.15) is 5.75 Å². The number of aliphatic hydroxyl groups excluding tert-OH is 1. The van der Waals surface area contributed by atoms with Crippen molar-refractivity contribution in [2.45, 2.75) is 12.1 Å². The summed E-state index contributed by atoms with van der Waals surface area (Å²) in [4.78, 5) is 0. The molecule has 0 aromatic carbocycles. The van der Waals surface area contributed by atoms with Crippen LogP contribution in [0.2, 0.25) is 0 Å². The second kappa shape index (κ2) is 3.46. The van der Waals surface area contributed by atoms with Crippen molar-refractivity contribution in [3.05, 3.63) is 0 Å². The Hall–Kier alpha value is -0.210. The fourth-order valence-electron chi connectivity index (χ4n) is 0.620. The summed E-state index contributed by atoms with van der Waals surface area (Å²) in [6.07, 6.45) is -0.0766. The first-order chi connectivity index (χ1) is 4.77. The van der Waals surface area contributed by atoms with E-state index < -0.39 is 21.5 Å². The van der Waals surface area contributed by atoms with Crippen molar-refractivity contribution >= 4 is 10.1 Å². The molecule has 11 heavy (non-hydrogen) atoms. The predicted molar refractivity (Wildman–Crippen MR) is 39.2 cm³/mol. The lowest BCUT2D eigenvalue weighted by Crippen LogP contribution is -2.55. The topological polar surface area (TPSA) is 127 Å². The number of hydrogen-bond donors (Lipinski definition) is 4. The number of hydrogen-bond acceptors (Lipinski definition) is 5. The average Bonchev–Trinajstić information content (AvgIpc) is 1.55. The van der Waals surface area contributed by atoms with Gasteiger partial charge in [-0.05, 0) is 0 Å². The van der Waals surface area contributed by atoms with E-state index in [9.17, 15) is 8.42 Å². The molecule has 0 bridgehead atoms. The minimum atomic E-state index is -4.17. The largest absolute Gasteiger partial charge is 0.396 e. The molecular formula is C4H12N2O4S. The fraction of sp³-hybridized carbons (Fsp3) is 1.00. The zero-order valence-corrected chi connectivity index (χ0v) is 6.71. The third kappa shape index (κ3) is 6.20. The van der Waals surface area contributed by atoms with Gasteiger partial charge in [0, 0.05) is 13.0 Å². The molecular weight excluding hydrogens is 172 g/mol. The van der Waals surface area contributed by atoms with Crippen molar-refractivity contribution in [1.29, 1.82) is 0 Å². The first-order valence-corrected chi connectivity index (χ1v) is 4.51. The van der Waals surface area contributed by atoms with Gasteiger partial charge in [-0.2, -0.15) is 8.42 Å². The lowest BCUT2D eigenvalue weighted by molar-refractivity contribution is 0.248. The zero-order chi connectivity index (χ0) is 9.12. The molecule has 0 aliphatic rings. The summed E-state index contributed by atoms with van der Waals surface area (Å²) in [7, 11) is -4.17. The minimum absolute atomic E-state index is 0.0766. The van der Waals surface area contributed by atoms with Gasteiger partial charge in [0.25, 0.3) is 10.1 Å². The Morgan fingerprint density at radius 3 is 2.09 bits per heavy atom. The van der Waals surface area contributed by atoms with Crippen LogP contribution in [0.15, 0.2) is 0 Å². The van der Waals surface area contributed by atoms with Crippen molar-refractivity contribution in [2.75, 3.05) is 12.4 Å². The molecule has 0 aliphatic heterocycles. The predicted octanol–water partition coefficient (Wildman–Crippen LogP) is -2.13. The van der Waals surface area contributed by atoms with Gasteiger partial charge >= 0.3 is 0 Å². The van der Waals surface area contributed by atoms with Crippen LogP contribution in [0.1, 0.15) is 6.42 Å². The van der Waals surface area contributed by atoms with Crippen molar-refractivity contribution in [3.8, 4) is 0 Å². The summed E-state index contributed by atoms with van der Waals surface area (Å²) in [6, 6.07) is 0. The molecule has 68 valence electrons. The van der Waals surface area contributed by atoms with Crippen LogP contribution in [0.4, 0.5) is 0 Å². The molecule has 0 atom stereocenters. The Bertz CT molecular complexity index is 210. The summed E-state index contributed by atoms with van der Waals surface area (Å²) in [5, 5.41) is 8.36. The Morgan fingerprint density at radius 2 is 1.82 bits per heavy atom. The summed E-state index contributed by atoms with van der Waals surface area (Å²) >= 11 is 0. The Balaban J connectivity index is 4.13. The van der Waals surface area contributed by atoms with Crippen LogP contribution in [-0.2, 0) is 10.1 Å². The molecule has 7 heteroatoms. The Morgan fingerprint density at radius 1 is 1.36 bits per heavy atom. The smallest absolute Gasteiger partial charge is 0.268 e. The maximum absolute atomic E-state index is 10.2. The van der Waals surface area contributed by atoms with Crippen molar-refractivity contribution in [2.24, 2.45) is 11.5 Å². The third-order valence-corrected chi connectivity index (χ3v) is 1.93. The van der Waals surface area contributed by atoms with Gasteiger partial charge < -0.3 is 16.6 Å². The molecule has 6 N–H and O–H groups in total. The van der Waals surface area contributed by atoms with E-state index in [-0.39, 0.29) is 13.0 Å². The number of aliphatic hydroxyl groups is 1. The maximum Gasteiger partial charge on any atom is 0.268 e. The molecule has 0 fully saturated rings. The van der Waals surface area contributed by atoms with Crippen LogP contribution in [0, 0.1) is 0 Å². The number of rotatable bonds is 4. The van der Waals surface area contributed by atoms with Crippen molar-refractivity contribution in [1.82, 2.24) is 0 Å². The van der Waals surface area contributed by atoms with Crippen LogP contribution in [0.5, 0.6) is 0 Å². The standard InChI is InChI=1S/C4H12N2O4S/c5-4(6,1-2-7)3-11(8,9)10/h7H,1-3,5-6H2,(H,8,9,10). The van der Waals surface area contributed by atoms with Crippen molar-refractivity contribution < 1.29 is 18.1 Å². The molecule has 0 heterocycles. The highest BCUT2D eigenvalue weighted by atomic mass is 32.2. The van der Waals surface area contributed by atoms with Gasteiger partial charge in [0.2, 0.25) is 0 Å². The van der Waals surface area contributed by atoms with E-state index in [0.717, 1.165) is 0 Å². The van der Waals surface area contributed by atoms with Crippen LogP contribution in [0.25, 0.3) is 0 Å². The minimum Gasteiger partial charge on any atom is -0.396 e. The fourth-order valence-corrected chi connectivity index (χ4v) is 1.44. The molecule has 0 saturated heterocycles. The molecule has 0 spiro atoms. The van der Waals surface area contributed by atoms with E-state index in [1.807, 2.05) is 0 Å². The quantitative estimate of drug-likeness (QED) is 0.292. The third-order valence-electron chi connectivity index (χ3n) is 1.03. The van der Waals surface area contributed by atoms with Gasteiger partial charge in [0.15, 0.2) is 0 Å². The van der Waals surface area contributed by atoms with Gasteiger partial charge in [-0.25, -0.2) is 0 Å². The second-order valence-corrected chi connectivity index (χ2v) is 3.89. The van der Waals surface area contributed by atoms with Crippen molar-refractivity contribution in [3.63, 3.8) is 0 Å². The highest BCUT2D eigenvalue weighted by Crippen LogP contribution is 2.00. The summed E-state index contributed by atoms with van der Waals surface area (Å²) in [5.41, 5.74) is 8.83. The highest BCUT2D eigenvalue weighted by Gasteiger charge is 2.25. The highest BCUT2D eigenvalue weighted by molar-refractivity contribution is 7.85.